The summed E-state index contributed by atoms with van der Waals surface area (Å²) in [4.78, 5) is 0. The van der Waals surface area contributed by atoms with Gasteiger partial charge >= 0.3 is 0 Å². The van der Waals surface area contributed by atoms with Crippen molar-refractivity contribution < 1.29 is 0 Å². The molecule has 0 amide bonds. The molecule has 1 N–H and O–H groups in total. The number of nitrogens with one attached hydrogen (secondary N) is 1. The van der Waals surface area contributed by atoms with E-state index in [9.17, 15) is 0 Å². The Morgan fingerprint density at radius 2 is 2.20 bits per heavy atom. The van der Waals surface area contributed by atoms with E-state index in [0.717, 1.165) is 23.9 Å². The van der Waals surface area contributed by atoms with Gasteiger partial charge in [0.25, 0.3) is 0 Å². The second-order valence-corrected chi connectivity index (χ2v) is 4.98. The van der Waals surface area contributed by atoms with Gasteiger partial charge in [0, 0.05) is 18.8 Å². The van der Waals surface area contributed by atoms with Crippen LogP contribution in [0.2, 0.25) is 0 Å². The lowest BCUT2D eigenvalue weighted by atomic mass is 10.4. The van der Waals surface area contributed by atoms with Crippen molar-refractivity contribution in [1.82, 2.24) is 20.1 Å². The van der Waals surface area contributed by atoms with Crippen molar-refractivity contribution in [2.75, 3.05) is 11.5 Å². The van der Waals surface area contributed by atoms with Crippen molar-refractivity contribution in [3.63, 3.8) is 0 Å². The zero-order valence-electron chi connectivity index (χ0n) is 9.95. The number of nitrogens with zero attached hydrogens (tertiary/aromatic N) is 3. The van der Waals surface area contributed by atoms with Gasteiger partial charge < -0.3 is 9.88 Å². The molecule has 0 saturated carbocycles. The number of aryl methyl sites for hydroxylation is 1. The van der Waals surface area contributed by atoms with Gasteiger partial charge in [-0.05, 0) is 19.6 Å². The molecule has 0 saturated heterocycles. The number of hydrogen-bond donors (Lipinski definition) is 1. The van der Waals surface area contributed by atoms with E-state index in [0.29, 0.717) is 6.04 Å². The third kappa shape index (κ3) is 3.83. The Balaban J connectivity index is 2.33. The minimum absolute atomic E-state index is 0.520. The Morgan fingerprint density at radius 3 is 2.73 bits per heavy atom. The minimum atomic E-state index is 0.520. The summed E-state index contributed by atoms with van der Waals surface area (Å²) in [6, 6.07) is 0.520. The van der Waals surface area contributed by atoms with Crippen molar-refractivity contribution in [3.8, 4) is 0 Å². The Hall–Kier alpha value is -0.550. The van der Waals surface area contributed by atoms with E-state index in [-0.39, 0.29) is 0 Å². The first-order chi connectivity index (χ1) is 7.15. The average Bonchev–Trinajstić information content (AvgIpc) is 2.54. The Morgan fingerprint density at radius 1 is 1.47 bits per heavy atom. The first-order valence-corrected chi connectivity index (χ1v) is 6.46. The highest BCUT2D eigenvalue weighted by Gasteiger charge is 2.06. The van der Waals surface area contributed by atoms with Crippen LogP contribution in [-0.2, 0) is 13.6 Å². The standard InChI is InChI=1S/C10H20N4S/c1-5-15-7-8(2)11-6-10-13-12-9(3)14(10)4/h8,11H,5-7H2,1-4H3. The largest absolute Gasteiger partial charge is 0.317 e. The van der Waals surface area contributed by atoms with Crippen LogP contribution in [0.4, 0.5) is 0 Å². The number of rotatable bonds is 6. The molecular formula is C10H20N4S. The summed E-state index contributed by atoms with van der Waals surface area (Å²) in [5.41, 5.74) is 0. The van der Waals surface area contributed by atoms with Gasteiger partial charge in [0.2, 0.25) is 0 Å². The third-order valence-corrected chi connectivity index (χ3v) is 3.51. The molecule has 1 heterocycles. The van der Waals surface area contributed by atoms with Crippen LogP contribution in [-0.4, -0.2) is 32.3 Å². The molecule has 1 atom stereocenters. The van der Waals surface area contributed by atoms with Crippen molar-refractivity contribution in [2.45, 2.75) is 33.4 Å². The molecule has 0 bridgehead atoms. The smallest absolute Gasteiger partial charge is 0.146 e. The van der Waals surface area contributed by atoms with Crippen LogP contribution >= 0.6 is 11.8 Å². The predicted octanol–water partition coefficient (Wildman–Crippen LogP) is 1.35. The molecule has 0 aliphatic rings. The van der Waals surface area contributed by atoms with Crippen LogP contribution in [0.1, 0.15) is 25.5 Å². The average molecular weight is 228 g/mol. The first-order valence-electron chi connectivity index (χ1n) is 5.31. The summed E-state index contributed by atoms with van der Waals surface area (Å²) in [5.74, 6) is 4.28. The molecule has 0 fully saturated rings. The lowest BCUT2D eigenvalue weighted by molar-refractivity contribution is 0.565. The van der Waals surface area contributed by atoms with E-state index in [1.54, 1.807) is 0 Å². The number of thioether (sulfide) groups is 1. The summed E-state index contributed by atoms with van der Waals surface area (Å²) in [7, 11) is 2.00. The van der Waals surface area contributed by atoms with Crippen LogP contribution < -0.4 is 5.32 Å². The fourth-order valence-corrected chi connectivity index (χ4v) is 1.93. The van der Waals surface area contributed by atoms with Crippen molar-refractivity contribution in [3.05, 3.63) is 11.6 Å². The summed E-state index contributed by atoms with van der Waals surface area (Å²) in [5, 5.41) is 11.6. The van der Waals surface area contributed by atoms with E-state index >= 15 is 0 Å². The summed E-state index contributed by atoms with van der Waals surface area (Å²) in [6.45, 7) is 7.14. The van der Waals surface area contributed by atoms with Crippen LogP contribution in [0.5, 0.6) is 0 Å². The minimum Gasteiger partial charge on any atom is -0.317 e. The maximum atomic E-state index is 4.11. The Kier molecular flexibility index (Phi) is 5.11. The van der Waals surface area contributed by atoms with Gasteiger partial charge in [0.05, 0.1) is 6.54 Å². The lowest BCUT2D eigenvalue weighted by Crippen LogP contribution is -2.29. The SMILES string of the molecule is CCSCC(C)NCc1nnc(C)n1C. The van der Waals surface area contributed by atoms with Gasteiger partial charge in [0.1, 0.15) is 11.6 Å². The van der Waals surface area contributed by atoms with E-state index in [2.05, 4.69) is 29.4 Å². The van der Waals surface area contributed by atoms with Crippen LogP contribution in [0, 0.1) is 6.92 Å². The quantitative estimate of drug-likeness (QED) is 0.798. The zero-order valence-corrected chi connectivity index (χ0v) is 10.8. The van der Waals surface area contributed by atoms with Gasteiger partial charge in [-0.3, -0.25) is 0 Å². The van der Waals surface area contributed by atoms with E-state index in [1.807, 2.05) is 30.3 Å². The third-order valence-electron chi connectivity index (χ3n) is 2.36. The number of hydrogen-bond acceptors (Lipinski definition) is 4. The Labute approximate surface area is 95.9 Å². The van der Waals surface area contributed by atoms with Gasteiger partial charge in [-0.1, -0.05) is 6.92 Å². The molecule has 86 valence electrons. The molecule has 4 nitrogen and oxygen atoms in total. The monoisotopic (exact) mass is 228 g/mol. The van der Waals surface area contributed by atoms with Gasteiger partial charge in [0.15, 0.2) is 0 Å². The van der Waals surface area contributed by atoms with Gasteiger partial charge in [-0.15, -0.1) is 10.2 Å². The van der Waals surface area contributed by atoms with Crippen molar-refractivity contribution >= 4 is 11.8 Å². The highest BCUT2D eigenvalue weighted by molar-refractivity contribution is 7.99. The van der Waals surface area contributed by atoms with Gasteiger partial charge in [-0.2, -0.15) is 11.8 Å². The molecule has 5 heteroatoms. The molecule has 0 aliphatic heterocycles. The second kappa shape index (κ2) is 6.12. The van der Waals surface area contributed by atoms with Crippen molar-refractivity contribution in [2.24, 2.45) is 7.05 Å². The topological polar surface area (TPSA) is 42.7 Å². The highest BCUT2D eigenvalue weighted by Crippen LogP contribution is 2.02. The molecule has 0 aromatic carbocycles. The summed E-state index contributed by atoms with van der Waals surface area (Å²) in [6.07, 6.45) is 0. The molecule has 1 unspecified atom stereocenters. The summed E-state index contributed by atoms with van der Waals surface area (Å²) < 4.78 is 2.02. The fourth-order valence-electron chi connectivity index (χ4n) is 1.22. The maximum absolute atomic E-state index is 4.11. The molecule has 1 aromatic heterocycles. The predicted molar refractivity (Wildman–Crippen MR) is 65.0 cm³/mol. The lowest BCUT2D eigenvalue weighted by Gasteiger charge is -2.12. The summed E-state index contributed by atoms with van der Waals surface area (Å²) >= 11 is 1.96. The zero-order chi connectivity index (χ0) is 11.3. The molecule has 1 rings (SSSR count). The van der Waals surface area contributed by atoms with Crippen molar-refractivity contribution in [1.29, 1.82) is 0 Å². The molecule has 0 spiro atoms. The molecule has 0 aliphatic carbocycles. The van der Waals surface area contributed by atoms with E-state index in [4.69, 9.17) is 0 Å². The number of aromatic nitrogens is 3. The Bertz CT molecular complexity index is 298. The van der Waals surface area contributed by atoms with Crippen LogP contribution in [0.25, 0.3) is 0 Å². The fraction of sp³-hybridized carbons (Fsp3) is 0.800. The molecule has 0 radical (unpaired) electrons. The molecule has 1 aromatic rings. The molecular weight excluding hydrogens is 208 g/mol. The van der Waals surface area contributed by atoms with E-state index < -0.39 is 0 Å². The normalized spacial score (nSPS) is 13.1. The van der Waals surface area contributed by atoms with Crippen LogP contribution in [0.3, 0.4) is 0 Å². The highest BCUT2D eigenvalue weighted by atomic mass is 32.2. The maximum Gasteiger partial charge on any atom is 0.146 e. The van der Waals surface area contributed by atoms with E-state index in [1.165, 1.54) is 5.75 Å². The molecule has 15 heavy (non-hydrogen) atoms. The first kappa shape index (κ1) is 12.5. The van der Waals surface area contributed by atoms with Gasteiger partial charge in [-0.25, -0.2) is 0 Å². The second-order valence-electron chi connectivity index (χ2n) is 3.66. The van der Waals surface area contributed by atoms with Crippen LogP contribution in [0.15, 0.2) is 0 Å².